The van der Waals surface area contributed by atoms with E-state index in [4.69, 9.17) is 0 Å². The second-order valence-corrected chi connectivity index (χ2v) is 5.10. The maximum atomic E-state index is 13.5. The maximum absolute atomic E-state index is 13.5. The minimum atomic E-state index is -0.324. The molecule has 4 nitrogen and oxygen atoms in total. The smallest absolute Gasteiger partial charge is 0.270 e. The Bertz CT molecular complexity index is 655. The Hall–Kier alpha value is -2.43. The summed E-state index contributed by atoms with van der Waals surface area (Å²) >= 11 is 0. The number of amides is 1. The van der Waals surface area contributed by atoms with Gasteiger partial charge in [0.05, 0.1) is 0 Å². The Morgan fingerprint density at radius 3 is 2.76 bits per heavy atom. The van der Waals surface area contributed by atoms with E-state index in [1.807, 2.05) is 6.07 Å². The van der Waals surface area contributed by atoms with E-state index in [0.717, 1.165) is 12.8 Å². The minimum Gasteiger partial charge on any atom is -0.367 e. The van der Waals surface area contributed by atoms with E-state index in [1.54, 1.807) is 30.3 Å². The second kappa shape index (κ2) is 5.91. The molecule has 0 atom stereocenters. The summed E-state index contributed by atoms with van der Waals surface area (Å²) in [4.78, 5) is 16.3. The summed E-state index contributed by atoms with van der Waals surface area (Å²) in [5.41, 5.74) is 0.787. The van der Waals surface area contributed by atoms with Gasteiger partial charge in [0.1, 0.15) is 17.3 Å². The molecule has 0 saturated heterocycles. The van der Waals surface area contributed by atoms with Gasteiger partial charge >= 0.3 is 0 Å². The summed E-state index contributed by atoms with van der Waals surface area (Å²) in [6.45, 7) is 0.146. The van der Waals surface area contributed by atoms with Crippen molar-refractivity contribution in [3.8, 4) is 0 Å². The lowest BCUT2D eigenvalue weighted by Crippen LogP contribution is -2.24. The summed E-state index contributed by atoms with van der Waals surface area (Å²) in [5.74, 6) is 0.0728. The molecule has 1 saturated carbocycles. The normalized spacial score (nSPS) is 13.8. The monoisotopic (exact) mass is 285 g/mol. The van der Waals surface area contributed by atoms with Crippen LogP contribution in [-0.2, 0) is 6.54 Å². The summed E-state index contributed by atoms with van der Waals surface area (Å²) in [6.07, 6.45) is 2.29. The molecule has 21 heavy (non-hydrogen) atoms. The number of nitrogens with zero attached hydrogens (tertiary/aromatic N) is 1. The van der Waals surface area contributed by atoms with Gasteiger partial charge in [0.15, 0.2) is 0 Å². The van der Waals surface area contributed by atoms with Crippen LogP contribution in [0.1, 0.15) is 28.9 Å². The highest BCUT2D eigenvalue weighted by Gasteiger charge is 2.21. The van der Waals surface area contributed by atoms with Crippen molar-refractivity contribution in [1.29, 1.82) is 0 Å². The van der Waals surface area contributed by atoms with Crippen LogP contribution in [0.2, 0.25) is 0 Å². The van der Waals surface area contributed by atoms with Crippen molar-refractivity contribution in [2.24, 2.45) is 0 Å². The Morgan fingerprint density at radius 2 is 2.00 bits per heavy atom. The van der Waals surface area contributed by atoms with Crippen LogP contribution in [0.3, 0.4) is 0 Å². The number of anilines is 1. The van der Waals surface area contributed by atoms with E-state index in [9.17, 15) is 9.18 Å². The number of carbonyl (C=O) groups is 1. The number of hydrogen-bond acceptors (Lipinski definition) is 3. The SMILES string of the molecule is O=C(NCc1ccccc1F)c1cccc(NC2CC2)n1. The number of pyridine rings is 1. The highest BCUT2D eigenvalue weighted by molar-refractivity contribution is 5.92. The summed E-state index contributed by atoms with van der Waals surface area (Å²) < 4.78 is 13.5. The van der Waals surface area contributed by atoms with Crippen LogP contribution in [0.25, 0.3) is 0 Å². The molecule has 1 aliphatic rings. The molecule has 3 rings (SSSR count). The third kappa shape index (κ3) is 3.56. The molecule has 1 fully saturated rings. The van der Waals surface area contributed by atoms with Gasteiger partial charge in [-0.25, -0.2) is 9.37 Å². The van der Waals surface area contributed by atoms with E-state index >= 15 is 0 Å². The number of halogens is 1. The number of aromatic nitrogens is 1. The summed E-state index contributed by atoms with van der Waals surface area (Å²) in [7, 11) is 0. The van der Waals surface area contributed by atoms with E-state index in [-0.39, 0.29) is 18.3 Å². The van der Waals surface area contributed by atoms with Gasteiger partial charge in [0, 0.05) is 18.2 Å². The quantitative estimate of drug-likeness (QED) is 0.888. The molecule has 2 N–H and O–H groups in total. The first-order valence-electron chi connectivity index (χ1n) is 6.97. The predicted molar refractivity (Wildman–Crippen MR) is 78.5 cm³/mol. The lowest BCUT2D eigenvalue weighted by molar-refractivity contribution is 0.0945. The van der Waals surface area contributed by atoms with Crippen LogP contribution in [0.5, 0.6) is 0 Å². The van der Waals surface area contributed by atoms with E-state index < -0.39 is 0 Å². The van der Waals surface area contributed by atoms with E-state index in [1.165, 1.54) is 6.07 Å². The van der Waals surface area contributed by atoms with Crippen LogP contribution < -0.4 is 10.6 Å². The third-order valence-electron chi connectivity index (χ3n) is 3.31. The molecule has 1 aromatic carbocycles. The largest absolute Gasteiger partial charge is 0.367 e. The third-order valence-corrected chi connectivity index (χ3v) is 3.31. The number of rotatable bonds is 5. The fraction of sp³-hybridized carbons (Fsp3) is 0.250. The van der Waals surface area contributed by atoms with Crippen LogP contribution in [0.15, 0.2) is 42.5 Å². The van der Waals surface area contributed by atoms with E-state index in [2.05, 4.69) is 15.6 Å². The molecule has 2 aromatic rings. The lowest BCUT2D eigenvalue weighted by Gasteiger charge is -2.08. The minimum absolute atomic E-state index is 0.146. The van der Waals surface area contributed by atoms with Gasteiger partial charge in [-0.3, -0.25) is 4.79 Å². The summed E-state index contributed by atoms with van der Waals surface area (Å²) in [5, 5.41) is 5.93. The Kier molecular flexibility index (Phi) is 3.81. The van der Waals surface area contributed by atoms with Crippen LogP contribution in [0, 0.1) is 5.82 Å². The van der Waals surface area contributed by atoms with Crippen LogP contribution in [0.4, 0.5) is 10.2 Å². The molecule has 5 heteroatoms. The molecule has 0 bridgehead atoms. The van der Waals surface area contributed by atoms with Crippen molar-refractivity contribution >= 4 is 11.7 Å². The zero-order valence-electron chi connectivity index (χ0n) is 11.5. The fourth-order valence-electron chi connectivity index (χ4n) is 1.99. The lowest BCUT2D eigenvalue weighted by atomic mass is 10.2. The van der Waals surface area contributed by atoms with Crippen LogP contribution in [-0.4, -0.2) is 16.9 Å². The molecule has 0 radical (unpaired) electrons. The van der Waals surface area contributed by atoms with Crippen molar-refractivity contribution < 1.29 is 9.18 Å². The molecule has 1 aliphatic carbocycles. The first kappa shape index (κ1) is 13.5. The standard InChI is InChI=1S/C16H16FN3O/c17-13-5-2-1-4-11(13)10-18-16(21)14-6-3-7-15(20-14)19-12-8-9-12/h1-7,12H,8-10H2,(H,18,21)(H,19,20). The van der Waals surface area contributed by atoms with Gasteiger partial charge in [-0.1, -0.05) is 24.3 Å². The zero-order chi connectivity index (χ0) is 14.7. The number of nitrogens with one attached hydrogen (secondary N) is 2. The fourth-order valence-corrected chi connectivity index (χ4v) is 1.99. The van der Waals surface area contributed by atoms with Crippen molar-refractivity contribution in [2.75, 3.05) is 5.32 Å². The first-order valence-corrected chi connectivity index (χ1v) is 6.97. The van der Waals surface area contributed by atoms with Gasteiger partial charge in [0.25, 0.3) is 5.91 Å². The number of benzene rings is 1. The highest BCUT2D eigenvalue weighted by atomic mass is 19.1. The van der Waals surface area contributed by atoms with Crippen molar-refractivity contribution in [2.45, 2.75) is 25.4 Å². The molecule has 0 aliphatic heterocycles. The van der Waals surface area contributed by atoms with Crippen molar-refractivity contribution in [3.63, 3.8) is 0 Å². The van der Waals surface area contributed by atoms with Gasteiger partial charge in [-0.05, 0) is 31.0 Å². The van der Waals surface area contributed by atoms with E-state index in [0.29, 0.717) is 23.1 Å². The van der Waals surface area contributed by atoms with Gasteiger partial charge < -0.3 is 10.6 Å². The Morgan fingerprint density at radius 1 is 1.19 bits per heavy atom. The number of carbonyl (C=O) groups excluding carboxylic acids is 1. The van der Waals surface area contributed by atoms with Gasteiger partial charge in [-0.2, -0.15) is 0 Å². The molecular weight excluding hydrogens is 269 g/mol. The van der Waals surface area contributed by atoms with Crippen LogP contribution >= 0.6 is 0 Å². The maximum Gasteiger partial charge on any atom is 0.270 e. The first-order chi connectivity index (χ1) is 10.2. The van der Waals surface area contributed by atoms with Gasteiger partial charge in [-0.15, -0.1) is 0 Å². The average molecular weight is 285 g/mol. The Labute approximate surface area is 122 Å². The molecule has 1 heterocycles. The molecular formula is C16H16FN3O. The Balaban J connectivity index is 1.63. The second-order valence-electron chi connectivity index (χ2n) is 5.10. The van der Waals surface area contributed by atoms with Crippen molar-refractivity contribution in [3.05, 3.63) is 59.5 Å². The van der Waals surface area contributed by atoms with Gasteiger partial charge in [0.2, 0.25) is 0 Å². The molecule has 108 valence electrons. The highest BCUT2D eigenvalue weighted by Crippen LogP contribution is 2.23. The predicted octanol–water partition coefficient (Wildman–Crippen LogP) is 2.73. The average Bonchev–Trinajstić information content (AvgIpc) is 3.30. The topological polar surface area (TPSA) is 54.0 Å². The molecule has 1 aromatic heterocycles. The summed E-state index contributed by atoms with van der Waals surface area (Å²) in [6, 6.07) is 12.1. The molecule has 1 amide bonds. The number of hydrogen-bond donors (Lipinski definition) is 2. The van der Waals surface area contributed by atoms with Crippen molar-refractivity contribution in [1.82, 2.24) is 10.3 Å². The zero-order valence-corrected chi connectivity index (χ0v) is 11.5. The molecule has 0 spiro atoms. The molecule has 0 unspecified atom stereocenters.